The molecule has 0 atom stereocenters. The molecule has 5 rings (SSSR count). The standard InChI is InChI=1S/C39H41NO2/c1-28-6-16-33(17-7-28)40(34-18-8-29(2)9-19-34)35-20-10-30(11-21-35)38(3,4)26-27-39(5,31-12-22-36(41)23-13-31)32-14-24-37(42)25-15-32/h6-25,41-42H,26-27H2,1-5H3. The third kappa shape index (κ3) is 6.21. The number of nitrogens with zero attached hydrogens (tertiary/aromatic N) is 1. The zero-order valence-electron chi connectivity index (χ0n) is 25.3. The van der Waals surface area contributed by atoms with Gasteiger partial charge in [-0.05, 0) is 109 Å². The summed E-state index contributed by atoms with van der Waals surface area (Å²) in [4.78, 5) is 2.31. The summed E-state index contributed by atoms with van der Waals surface area (Å²) in [6.07, 6.45) is 1.85. The number of aryl methyl sites for hydroxylation is 2. The number of phenols is 2. The van der Waals surface area contributed by atoms with Crippen LogP contribution in [0.3, 0.4) is 0 Å². The number of anilines is 3. The minimum atomic E-state index is -0.285. The SMILES string of the molecule is Cc1ccc(N(c2ccc(C)cc2)c2ccc(C(C)(C)CCC(C)(c3ccc(O)cc3)c3ccc(O)cc3)cc2)cc1. The Hall–Kier alpha value is -4.50. The van der Waals surface area contributed by atoms with Crippen molar-refractivity contribution in [2.45, 2.75) is 58.3 Å². The Morgan fingerprint density at radius 2 is 0.786 bits per heavy atom. The third-order valence-electron chi connectivity index (χ3n) is 8.75. The summed E-state index contributed by atoms with van der Waals surface area (Å²) < 4.78 is 0. The normalized spacial score (nSPS) is 11.8. The second-order valence-electron chi connectivity index (χ2n) is 12.4. The van der Waals surface area contributed by atoms with Gasteiger partial charge in [0.25, 0.3) is 0 Å². The van der Waals surface area contributed by atoms with E-state index in [4.69, 9.17) is 0 Å². The second kappa shape index (κ2) is 11.8. The lowest BCUT2D eigenvalue weighted by Crippen LogP contribution is -2.28. The van der Waals surface area contributed by atoms with Crippen molar-refractivity contribution in [1.29, 1.82) is 0 Å². The average Bonchev–Trinajstić information content (AvgIpc) is 2.99. The number of benzene rings is 5. The van der Waals surface area contributed by atoms with Crippen molar-refractivity contribution in [3.63, 3.8) is 0 Å². The molecule has 0 fully saturated rings. The molecule has 2 N–H and O–H groups in total. The van der Waals surface area contributed by atoms with Crippen LogP contribution in [-0.4, -0.2) is 10.2 Å². The van der Waals surface area contributed by atoms with Gasteiger partial charge in [0, 0.05) is 22.5 Å². The molecule has 0 spiro atoms. The van der Waals surface area contributed by atoms with Crippen LogP contribution in [0.25, 0.3) is 0 Å². The lowest BCUT2D eigenvalue weighted by molar-refractivity contribution is 0.391. The number of hydrogen-bond acceptors (Lipinski definition) is 3. The van der Waals surface area contributed by atoms with E-state index in [1.165, 1.54) is 16.7 Å². The molecule has 0 saturated heterocycles. The van der Waals surface area contributed by atoms with E-state index in [1.54, 1.807) is 24.3 Å². The van der Waals surface area contributed by atoms with Crippen LogP contribution in [0, 0.1) is 13.8 Å². The van der Waals surface area contributed by atoms with Crippen molar-refractivity contribution >= 4 is 17.1 Å². The average molecular weight is 556 g/mol. The molecule has 0 heterocycles. The van der Waals surface area contributed by atoms with Gasteiger partial charge in [0.2, 0.25) is 0 Å². The highest BCUT2D eigenvalue weighted by Crippen LogP contribution is 2.42. The van der Waals surface area contributed by atoms with Crippen LogP contribution >= 0.6 is 0 Å². The van der Waals surface area contributed by atoms with Crippen LogP contribution in [0.4, 0.5) is 17.1 Å². The van der Waals surface area contributed by atoms with Crippen LogP contribution in [-0.2, 0) is 10.8 Å². The van der Waals surface area contributed by atoms with Gasteiger partial charge in [-0.15, -0.1) is 0 Å². The lowest BCUT2D eigenvalue weighted by atomic mass is 9.68. The molecule has 5 aromatic carbocycles. The first-order valence-electron chi connectivity index (χ1n) is 14.7. The highest BCUT2D eigenvalue weighted by Gasteiger charge is 2.32. The van der Waals surface area contributed by atoms with Crippen LogP contribution in [0.1, 0.15) is 61.4 Å². The summed E-state index contributed by atoms with van der Waals surface area (Å²) in [6.45, 7) is 11.1. The van der Waals surface area contributed by atoms with Gasteiger partial charge in [0.15, 0.2) is 0 Å². The zero-order valence-corrected chi connectivity index (χ0v) is 25.3. The Kier molecular flexibility index (Phi) is 8.13. The fourth-order valence-corrected chi connectivity index (χ4v) is 5.72. The van der Waals surface area contributed by atoms with Crippen LogP contribution in [0.2, 0.25) is 0 Å². The summed E-state index contributed by atoms with van der Waals surface area (Å²) in [5, 5.41) is 19.9. The van der Waals surface area contributed by atoms with Crippen molar-refractivity contribution in [3.8, 4) is 11.5 Å². The number of aromatic hydroxyl groups is 2. The van der Waals surface area contributed by atoms with E-state index in [2.05, 4.69) is 112 Å². The first-order valence-corrected chi connectivity index (χ1v) is 14.7. The molecule has 0 aliphatic rings. The maximum Gasteiger partial charge on any atom is 0.115 e. The number of hydrogen-bond donors (Lipinski definition) is 2. The molecule has 5 aromatic rings. The maximum atomic E-state index is 9.93. The minimum absolute atomic E-state index is 0.0772. The lowest BCUT2D eigenvalue weighted by Gasteiger charge is -2.36. The second-order valence-corrected chi connectivity index (χ2v) is 12.4. The van der Waals surface area contributed by atoms with Crippen molar-refractivity contribution < 1.29 is 10.2 Å². The van der Waals surface area contributed by atoms with Crippen molar-refractivity contribution in [2.75, 3.05) is 4.90 Å². The number of phenolic OH excluding ortho intramolecular Hbond substituents is 2. The van der Waals surface area contributed by atoms with Gasteiger partial charge in [0.1, 0.15) is 11.5 Å². The molecular formula is C39H41NO2. The summed E-state index contributed by atoms with van der Waals surface area (Å²) in [6, 6.07) is 41.4. The molecule has 0 bridgehead atoms. The van der Waals surface area contributed by atoms with E-state index in [9.17, 15) is 10.2 Å². The van der Waals surface area contributed by atoms with Gasteiger partial charge in [0.05, 0.1) is 0 Å². The Morgan fingerprint density at radius 3 is 1.17 bits per heavy atom. The molecule has 0 aliphatic heterocycles. The first-order chi connectivity index (χ1) is 20.0. The molecule has 0 aliphatic carbocycles. The van der Waals surface area contributed by atoms with E-state index >= 15 is 0 Å². The fourth-order valence-electron chi connectivity index (χ4n) is 5.72. The third-order valence-corrected chi connectivity index (χ3v) is 8.75. The van der Waals surface area contributed by atoms with E-state index < -0.39 is 0 Å². The largest absolute Gasteiger partial charge is 0.508 e. The Bertz CT molecular complexity index is 1510. The molecular weight excluding hydrogens is 514 g/mol. The first kappa shape index (κ1) is 29.0. The molecule has 0 aromatic heterocycles. The summed E-state index contributed by atoms with van der Waals surface area (Å²) >= 11 is 0. The van der Waals surface area contributed by atoms with Gasteiger partial charge in [-0.3, -0.25) is 0 Å². The molecule has 0 unspecified atom stereocenters. The van der Waals surface area contributed by atoms with Crippen molar-refractivity contribution in [3.05, 3.63) is 149 Å². The van der Waals surface area contributed by atoms with Gasteiger partial charge in [-0.25, -0.2) is 0 Å². The predicted octanol–water partition coefficient (Wildman–Crippen LogP) is 10.2. The Morgan fingerprint density at radius 1 is 0.452 bits per heavy atom. The van der Waals surface area contributed by atoms with E-state index in [-0.39, 0.29) is 22.3 Å². The summed E-state index contributed by atoms with van der Waals surface area (Å²) in [5.74, 6) is 0.523. The molecule has 0 radical (unpaired) electrons. The topological polar surface area (TPSA) is 43.7 Å². The smallest absolute Gasteiger partial charge is 0.115 e. The highest BCUT2D eigenvalue weighted by molar-refractivity contribution is 5.76. The maximum absolute atomic E-state index is 9.93. The van der Waals surface area contributed by atoms with E-state index in [1.807, 2.05) is 24.3 Å². The fraction of sp³-hybridized carbons (Fsp3) is 0.231. The van der Waals surface area contributed by atoms with Gasteiger partial charge < -0.3 is 15.1 Å². The van der Waals surface area contributed by atoms with Crippen molar-refractivity contribution in [2.24, 2.45) is 0 Å². The van der Waals surface area contributed by atoms with Gasteiger partial charge in [-0.1, -0.05) is 92.6 Å². The van der Waals surface area contributed by atoms with Gasteiger partial charge >= 0.3 is 0 Å². The Labute approximate surface area is 250 Å². The van der Waals surface area contributed by atoms with E-state index in [0.717, 1.165) is 41.0 Å². The van der Waals surface area contributed by atoms with Crippen LogP contribution in [0.15, 0.2) is 121 Å². The monoisotopic (exact) mass is 555 g/mol. The minimum Gasteiger partial charge on any atom is -0.508 e. The predicted molar refractivity (Wildman–Crippen MR) is 176 cm³/mol. The zero-order chi connectivity index (χ0) is 29.9. The van der Waals surface area contributed by atoms with Crippen LogP contribution in [0.5, 0.6) is 11.5 Å². The Balaban J connectivity index is 1.43. The molecule has 0 amide bonds. The van der Waals surface area contributed by atoms with Crippen LogP contribution < -0.4 is 4.90 Å². The quantitative estimate of drug-likeness (QED) is 0.190. The molecule has 42 heavy (non-hydrogen) atoms. The van der Waals surface area contributed by atoms with E-state index in [0.29, 0.717) is 0 Å². The molecule has 3 heteroatoms. The summed E-state index contributed by atoms with van der Waals surface area (Å²) in [7, 11) is 0. The molecule has 214 valence electrons. The summed E-state index contributed by atoms with van der Waals surface area (Å²) in [5.41, 5.74) is 9.09. The van der Waals surface area contributed by atoms with Crippen molar-refractivity contribution in [1.82, 2.24) is 0 Å². The van der Waals surface area contributed by atoms with Gasteiger partial charge in [-0.2, -0.15) is 0 Å². The highest BCUT2D eigenvalue weighted by atomic mass is 16.3. The molecule has 3 nitrogen and oxygen atoms in total. The molecule has 0 saturated carbocycles. The number of rotatable bonds is 9.